The number of unbranched alkanes of at least 4 members (excludes halogenated alkanes) is 1. The van der Waals surface area contributed by atoms with Crippen LogP contribution in [0, 0.1) is 5.92 Å². The Morgan fingerprint density at radius 1 is 1.22 bits per heavy atom. The molecule has 0 atom stereocenters. The van der Waals surface area contributed by atoms with E-state index in [1.165, 1.54) is 45.3 Å². The summed E-state index contributed by atoms with van der Waals surface area (Å²) in [5, 5.41) is 6.72. The molecule has 23 heavy (non-hydrogen) atoms. The minimum absolute atomic E-state index is 0.215. The highest BCUT2D eigenvalue weighted by atomic mass is 16.5. The van der Waals surface area contributed by atoms with Gasteiger partial charge in [0.15, 0.2) is 5.96 Å². The number of aliphatic imine (C=N–C) groups is 1. The van der Waals surface area contributed by atoms with E-state index in [4.69, 9.17) is 4.74 Å². The van der Waals surface area contributed by atoms with Gasteiger partial charge in [-0.2, -0.15) is 0 Å². The van der Waals surface area contributed by atoms with Crippen LogP contribution in [0.5, 0.6) is 0 Å². The Morgan fingerprint density at radius 2 is 1.91 bits per heavy atom. The summed E-state index contributed by atoms with van der Waals surface area (Å²) in [5.74, 6) is 1.81. The molecule has 5 nitrogen and oxygen atoms in total. The summed E-state index contributed by atoms with van der Waals surface area (Å²) in [7, 11) is 1.73. The second-order valence-electron chi connectivity index (χ2n) is 7.32. The van der Waals surface area contributed by atoms with Crippen LogP contribution < -0.4 is 10.6 Å². The van der Waals surface area contributed by atoms with Crippen molar-refractivity contribution in [1.29, 1.82) is 0 Å². The van der Waals surface area contributed by atoms with Gasteiger partial charge in [0, 0.05) is 20.2 Å². The van der Waals surface area contributed by atoms with E-state index in [0.29, 0.717) is 6.54 Å². The van der Waals surface area contributed by atoms with E-state index in [2.05, 4.69) is 48.2 Å². The Kier molecular flexibility index (Phi) is 9.56. The zero-order valence-corrected chi connectivity index (χ0v) is 16.0. The van der Waals surface area contributed by atoms with E-state index in [-0.39, 0.29) is 5.60 Å². The topological polar surface area (TPSA) is 48.9 Å². The van der Waals surface area contributed by atoms with Crippen LogP contribution in [0.15, 0.2) is 4.99 Å². The highest BCUT2D eigenvalue weighted by Gasteiger charge is 2.16. The second-order valence-corrected chi connectivity index (χ2v) is 7.32. The van der Waals surface area contributed by atoms with Gasteiger partial charge in [0.1, 0.15) is 0 Å². The number of piperidine rings is 1. The van der Waals surface area contributed by atoms with Crippen LogP contribution in [0.2, 0.25) is 0 Å². The summed E-state index contributed by atoms with van der Waals surface area (Å²) in [6.07, 6.45) is 5.17. The quantitative estimate of drug-likeness (QED) is 0.388. The number of methoxy groups -OCH3 is 1. The van der Waals surface area contributed by atoms with Crippen LogP contribution in [-0.2, 0) is 4.74 Å². The molecule has 1 aliphatic rings. The molecule has 0 bridgehead atoms. The van der Waals surface area contributed by atoms with Gasteiger partial charge in [0.25, 0.3) is 0 Å². The molecule has 0 aromatic heterocycles. The van der Waals surface area contributed by atoms with Crippen molar-refractivity contribution in [1.82, 2.24) is 15.5 Å². The van der Waals surface area contributed by atoms with Crippen LogP contribution in [0.25, 0.3) is 0 Å². The molecule has 0 saturated carbocycles. The lowest BCUT2D eigenvalue weighted by molar-refractivity contribution is 0.0310. The Labute approximate surface area is 143 Å². The van der Waals surface area contributed by atoms with Gasteiger partial charge in [-0.3, -0.25) is 4.99 Å². The third-order valence-electron chi connectivity index (χ3n) is 4.58. The van der Waals surface area contributed by atoms with Crippen molar-refractivity contribution < 1.29 is 4.74 Å². The van der Waals surface area contributed by atoms with Gasteiger partial charge >= 0.3 is 0 Å². The van der Waals surface area contributed by atoms with Crippen molar-refractivity contribution in [2.24, 2.45) is 10.9 Å². The molecule has 1 saturated heterocycles. The summed E-state index contributed by atoms with van der Waals surface area (Å²) in [6.45, 7) is 14.9. The molecular formula is C18H38N4O. The lowest BCUT2D eigenvalue weighted by Crippen LogP contribution is -2.40. The lowest BCUT2D eigenvalue weighted by Gasteiger charge is -2.30. The molecule has 0 aromatic carbocycles. The maximum absolute atomic E-state index is 5.42. The first-order valence-corrected chi connectivity index (χ1v) is 9.26. The predicted molar refractivity (Wildman–Crippen MR) is 99.1 cm³/mol. The number of guanidine groups is 1. The summed E-state index contributed by atoms with van der Waals surface area (Å²) >= 11 is 0. The second kappa shape index (κ2) is 10.9. The van der Waals surface area contributed by atoms with Crippen molar-refractivity contribution in [3.63, 3.8) is 0 Å². The minimum atomic E-state index is -0.215. The first-order valence-electron chi connectivity index (χ1n) is 9.26. The molecule has 1 fully saturated rings. The van der Waals surface area contributed by atoms with Crippen molar-refractivity contribution >= 4 is 5.96 Å². The summed E-state index contributed by atoms with van der Waals surface area (Å²) < 4.78 is 5.42. The van der Waals surface area contributed by atoms with Gasteiger partial charge in [-0.1, -0.05) is 6.92 Å². The molecule has 0 aliphatic carbocycles. The highest BCUT2D eigenvalue weighted by Crippen LogP contribution is 2.16. The molecule has 1 aliphatic heterocycles. The van der Waals surface area contributed by atoms with E-state index >= 15 is 0 Å². The first-order chi connectivity index (χ1) is 11.0. The molecule has 136 valence electrons. The van der Waals surface area contributed by atoms with Crippen molar-refractivity contribution in [2.75, 3.05) is 46.4 Å². The normalized spacial score (nSPS) is 18.2. The van der Waals surface area contributed by atoms with Crippen molar-refractivity contribution in [2.45, 2.75) is 59.0 Å². The smallest absolute Gasteiger partial charge is 0.191 e. The zero-order valence-electron chi connectivity index (χ0n) is 16.0. The van der Waals surface area contributed by atoms with Gasteiger partial charge < -0.3 is 20.3 Å². The molecule has 0 radical (unpaired) electrons. The fourth-order valence-electron chi connectivity index (χ4n) is 2.63. The Morgan fingerprint density at radius 3 is 2.52 bits per heavy atom. The Bertz CT molecular complexity index is 336. The summed E-state index contributed by atoms with van der Waals surface area (Å²) in [5.41, 5.74) is -0.215. The molecule has 0 amide bonds. The van der Waals surface area contributed by atoms with Crippen LogP contribution >= 0.6 is 0 Å². The molecule has 5 heteroatoms. The maximum Gasteiger partial charge on any atom is 0.191 e. The van der Waals surface area contributed by atoms with Gasteiger partial charge in [0.2, 0.25) is 0 Å². The van der Waals surface area contributed by atoms with Crippen molar-refractivity contribution in [3.05, 3.63) is 0 Å². The highest BCUT2D eigenvalue weighted by molar-refractivity contribution is 5.79. The maximum atomic E-state index is 5.42. The van der Waals surface area contributed by atoms with Gasteiger partial charge in [0.05, 0.1) is 12.1 Å². The van der Waals surface area contributed by atoms with Crippen LogP contribution in [0.1, 0.15) is 53.4 Å². The van der Waals surface area contributed by atoms with Crippen LogP contribution in [-0.4, -0.2) is 62.8 Å². The fraction of sp³-hybridized carbons (Fsp3) is 0.944. The Hall–Kier alpha value is -0.810. The standard InChI is InChI=1S/C18H38N4O/c1-6-19-17(21-15-18(3,4)23-5)20-11-7-8-12-22-13-9-16(2)10-14-22/h16H,6-15H2,1-5H3,(H2,19,20,21). The third-order valence-corrected chi connectivity index (χ3v) is 4.58. The van der Waals surface area contributed by atoms with Crippen LogP contribution in [0.4, 0.5) is 0 Å². The Balaban J connectivity index is 2.18. The fourth-order valence-corrected chi connectivity index (χ4v) is 2.63. The van der Waals surface area contributed by atoms with Gasteiger partial charge in [-0.15, -0.1) is 0 Å². The summed E-state index contributed by atoms with van der Waals surface area (Å²) in [4.78, 5) is 7.22. The van der Waals surface area contributed by atoms with Gasteiger partial charge in [-0.05, 0) is 72.0 Å². The number of hydrogen-bond donors (Lipinski definition) is 2. The first kappa shape index (κ1) is 20.2. The number of nitrogens with one attached hydrogen (secondary N) is 2. The SMILES string of the molecule is CCNC(=NCC(C)(C)OC)NCCCCN1CCC(C)CC1. The molecule has 0 aromatic rings. The molecule has 1 rings (SSSR count). The minimum Gasteiger partial charge on any atom is -0.377 e. The largest absolute Gasteiger partial charge is 0.377 e. The van der Waals surface area contributed by atoms with E-state index in [1.807, 2.05) is 0 Å². The number of likely N-dealkylation sites (tertiary alicyclic amines) is 1. The average molecular weight is 327 g/mol. The van der Waals surface area contributed by atoms with E-state index in [9.17, 15) is 0 Å². The van der Waals surface area contributed by atoms with Crippen LogP contribution in [0.3, 0.4) is 0 Å². The monoisotopic (exact) mass is 326 g/mol. The molecule has 0 unspecified atom stereocenters. The molecule has 0 spiro atoms. The summed E-state index contributed by atoms with van der Waals surface area (Å²) in [6, 6.07) is 0. The number of hydrogen-bond acceptors (Lipinski definition) is 3. The predicted octanol–water partition coefficient (Wildman–Crippen LogP) is 2.48. The molecular weight excluding hydrogens is 288 g/mol. The zero-order chi connectivity index (χ0) is 17.1. The number of rotatable bonds is 9. The number of ether oxygens (including phenoxy) is 1. The van der Waals surface area contributed by atoms with E-state index in [1.54, 1.807) is 7.11 Å². The third kappa shape index (κ3) is 9.16. The lowest BCUT2D eigenvalue weighted by atomic mass is 9.99. The van der Waals surface area contributed by atoms with Crippen molar-refractivity contribution in [3.8, 4) is 0 Å². The molecule has 2 N–H and O–H groups in total. The van der Waals surface area contributed by atoms with Gasteiger partial charge in [-0.25, -0.2) is 0 Å². The average Bonchev–Trinajstić information content (AvgIpc) is 2.54. The van der Waals surface area contributed by atoms with E-state index < -0.39 is 0 Å². The molecule has 1 heterocycles. The number of nitrogens with zero attached hydrogens (tertiary/aromatic N) is 2. The van der Waals surface area contributed by atoms with E-state index in [0.717, 1.165) is 25.0 Å².